The number of phosphoric acid groups is 1. The molecule has 0 amide bonds. The highest BCUT2D eigenvalue weighted by molar-refractivity contribution is 7.47. The summed E-state index contributed by atoms with van der Waals surface area (Å²) >= 11 is 0. The van der Waals surface area contributed by atoms with E-state index in [-0.39, 0.29) is 12.8 Å². The van der Waals surface area contributed by atoms with Crippen LogP contribution in [0.2, 0.25) is 0 Å². The second kappa shape index (κ2) is 45.6. The molecule has 0 spiro atoms. The minimum Gasteiger partial charge on any atom is -0.462 e. The van der Waals surface area contributed by atoms with Crippen LogP contribution in [0.4, 0.5) is 0 Å². The topological polar surface area (TPSA) is 210 Å². The van der Waals surface area contributed by atoms with Gasteiger partial charge in [-0.1, -0.05) is 189 Å². The van der Waals surface area contributed by atoms with Crippen molar-refractivity contribution >= 4 is 19.8 Å². The average Bonchev–Trinajstić information content (AvgIpc) is 3.35. The molecule has 0 aromatic carbocycles. The fourth-order valence-electron chi connectivity index (χ4n) is 7.87. The van der Waals surface area contributed by atoms with E-state index in [1.165, 1.54) is 57.8 Å². The molecule has 1 saturated carbocycles. The molecule has 0 radical (unpaired) electrons. The van der Waals surface area contributed by atoms with Crippen molar-refractivity contribution in [1.29, 1.82) is 0 Å². The Morgan fingerprint density at radius 2 is 0.803 bits per heavy atom. The Kier molecular flexibility index (Phi) is 42.4. The van der Waals surface area contributed by atoms with Crippen LogP contribution >= 0.6 is 7.82 Å². The van der Waals surface area contributed by atoms with Crippen molar-refractivity contribution < 1.29 is 63.1 Å². The number of hydrogen-bond donors (Lipinski definition) is 6. The number of carbonyl (C=O) groups is 2. The predicted octanol–water partition coefficient (Wildman–Crippen LogP) is 12.4. The van der Waals surface area contributed by atoms with E-state index in [1.54, 1.807) is 0 Å². The number of allylic oxidation sites excluding steroid dienone is 14. The van der Waals surface area contributed by atoms with Crippen LogP contribution in [0, 0.1) is 0 Å². The van der Waals surface area contributed by atoms with E-state index >= 15 is 0 Å². The number of hydrogen-bond acceptors (Lipinski definition) is 12. The van der Waals surface area contributed by atoms with Crippen LogP contribution in [0.3, 0.4) is 0 Å². The minimum atomic E-state index is -5.14. The molecule has 14 heteroatoms. The Bertz CT molecular complexity index is 1560. The Balaban J connectivity index is 2.38. The molecule has 0 bridgehead atoms. The van der Waals surface area contributed by atoms with Gasteiger partial charge in [-0.15, -0.1) is 0 Å². The van der Waals surface area contributed by atoms with E-state index in [1.807, 2.05) is 0 Å². The molecule has 1 aliphatic rings. The van der Waals surface area contributed by atoms with Gasteiger partial charge in [-0.25, -0.2) is 4.57 Å². The summed E-state index contributed by atoms with van der Waals surface area (Å²) in [5, 5.41) is 50.4. The first kappa shape index (κ1) is 66.0. The Hall–Kier alpha value is -2.97. The zero-order valence-corrected chi connectivity index (χ0v) is 44.6. The highest BCUT2D eigenvalue weighted by Gasteiger charge is 2.51. The molecule has 0 saturated heterocycles. The fourth-order valence-corrected chi connectivity index (χ4v) is 8.85. The number of aliphatic hydroxyl groups is 5. The number of ether oxygens (including phenoxy) is 2. The summed E-state index contributed by atoms with van der Waals surface area (Å²) in [7, 11) is -5.14. The lowest BCUT2D eigenvalue weighted by Gasteiger charge is -2.41. The van der Waals surface area contributed by atoms with Crippen molar-refractivity contribution in [2.45, 2.75) is 249 Å². The molecule has 6 unspecified atom stereocenters. The first-order valence-corrected chi connectivity index (χ1v) is 28.9. The summed E-state index contributed by atoms with van der Waals surface area (Å²) in [6.07, 6.45) is 47.6. The van der Waals surface area contributed by atoms with Gasteiger partial charge in [0.2, 0.25) is 0 Å². The van der Waals surface area contributed by atoms with Crippen LogP contribution in [-0.2, 0) is 32.7 Å². The molecule has 13 nitrogen and oxygen atoms in total. The number of unbranched alkanes of at least 4 members (excludes halogenated alkanes) is 19. The summed E-state index contributed by atoms with van der Waals surface area (Å²) in [5.41, 5.74) is 0. The van der Waals surface area contributed by atoms with E-state index in [9.17, 15) is 44.6 Å². The first-order valence-electron chi connectivity index (χ1n) is 27.4. The third kappa shape index (κ3) is 37.4. The lowest BCUT2D eigenvalue weighted by molar-refractivity contribution is -0.220. The molecule has 6 N–H and O–H groups in total. The number of aliphatic hydroxyl groups excluding tert-OH is 5. The highest BCUT2D eigenvalue weighted by atomic mass is 31.2. The summed E-state index contributed by atoms with van der Waals surface area (Å²) in [6.45, 7) is 3.17. The fraction of sp³-hybridized carbons (Fsp3) is 0.719. The molecule has 6 atom stereocenters. The molecule has 1 aliphatic carbocycles. The Morgan fingerprint density at radius 1 is 0.451 bits per heavy atom. The van der Waals surface area contributed by atoms with Gasteiger partial charge in [0.15, 0.2) is 6.10 Å². The number of esters is 2. The van der Waals surface area contributed by atoms with Crippen molar-refractivity contribution in [2.75, 3.05) is 13.2 Å². The van der Waals surface area contributed by atoms with Crippen molar-refractivity contribution in [3.63, 3.8) is 0 Å². The maximum atomic E-state index is 12.9. The van der Waals surface area contributed by atoms with Crippen LogP contribution in [0.25, 0.3) is 0 Å². The van der Waals surface area contributed by atoms with Crippen LogP contribution in [0.1, 0.15) is 206 Å². The molecule has 0 heterocycles. The summed E-state index contributed by atoms with van der Waals surface area (Å²) in [4.78, 5) is 35.9. The lowest BCUT2D eigenvalue weighted by atomic mass is 9.85. The van der Waals surface area contributed by atoms with Crippen molar-refractivity contribution in [2.24, 2.45) is 0 Å². The smallest absolute Gasteiger partial charge is 0.462 e. The van der Waals surface area contributed by atoms with Gasteiger partial charge in [-0.2, -0.15) is 0 Å². The molecule has 71 heavy (non-hydrogen) atoms. The van der Waals surface area contributed by atoms with E-state index in [2.05, 4.69) is 98.9 Å². The Morgan fingerprint density at radius 3 is 1.23 bits per heavy atom. The molecule has 408 valence electrons. The minimum absolute atomic E-state index is 0.0839. The van der Waals surface area contributed by atoms with Crippen LogP contribution < -0.4 is 0 Å². The molecule has 0 aromatic rings. The number of phosphoric ester groups is 1. The zero-order valence-electron chi connectivity index (χ0n) is 43.7. The van der Waals surface area contributed by atoms with E-state index in [0.29, 0.717) is 12.8 Å². The van der Waals surface area contributed by atoms with Gasteiger partial charge in [-0.05, 0) is 89.9 Å². The van der Waals surface area contributed by atoms with Crippen LogP contribution in [0.15, 0.2) is 85.1 Å². The van der Waals surface area contributed by atoms with Gasteiger partial charge in [0.1, 0.15) is 43.2 Å². The second-order valence-electron chi connectivity index (χ2n) is 18.7. The van der Waals surface area contributed by atoms with Gasteiger partial charge >= 0.3 is 19.8 Å². The lowest BCUT2D eigenvalue weighted by Crippen LogP contribution is -2.64. The maximum Gasteiger partial charge on any atom is 0.472 e. The van der Waals surface area contributed by atoms with Crippen LogP contribution in [0.5, 0.6) is 0 Å². The molecule has 0 aliphatic heterocycles. The molecule has 1 fully saturated rings. The monoisotopic (exact) mass is 1020 g/mol. The van der Waals surface area contributed by atoms with Gasteiger partial charge in [0.05, 0.1) is 6.61 Å². The summed E-state index contributed by atoms with van der Waals surface area (Å²) < 4.78 is 33.7. The predicted molar refractivity (Wildman–Crippen MR) is 285 cm³/mol. The van der Waals surface area contributed by atoms with Crippen molar-refractivity contribution in [3.05, 3.63) is 85.1 Å². The molecular weight excluding hydrogens is 924 g/mol. The highest BCUT2D eigenvalue weighted by Crippen LogP contribution is 2.47. The third-order valence-corrected chi connectivity index (χ3v) is 13.2. The summed E-state index contributed by atoms with van der Waals surface area (Å²) in [6, 6.07) is 0. The standard InChI is InChI=1S/C57H97O13P/c1-3-5-7-9-11-13-15-17-19-21-23-24-25-26-28-30-32-34-36-38-40-42-44-46-51(59)69-49(48-68-71(65,66)70-57-55(63)53(61)52(60)54(62)56(57)64)47-67-50(58)45-43-41-39-37-35-33-31-29-27-22-20-18-16-14-12-10-8-6-4-2/h5,7,11-14,17-20,23-24,27,29,49,52-57,60-64H,3-4,6,8-10,15-16,21-22,25-26,28,30-48H2,1-2H3,(H,65,66)/b7-5-,13-11-,14-12-,19-17-,20-18-,24-23-,29-27-. The number of carbonyl (C=O) groups excluding carboxylic acids is 2. The summed E-state index contributed by atoms with van der Waals surface area (Å²) in [5.74, 6) is -1.12. The second-order valence-corrected chi connectivity index (χ2v) is 20.1. The molecular formula is C57H97O13P. The average molecular weight is 1020 g/mol. The maximum absolute atomic E-state index is 12.9. The molecule has 1 rings (SSSR count). The third-order valence-electron chi connectivity index (χ3n) is 12.2. The van der Waals surface area contributed by atoms with Crippen molar-refractivity contribution in [3.8, 4) is 0 Å². The van der Waals surface area contributed by atoms with E-state index in [0.717, 1.165) is 109 Å². The quantitative estimate of drug-likeness (QED) is 0.0145. The normalized spacial score (nSPS) is 21.3. The van der Waals surface area contributed by atoms with Crippen LogP contribution in [-0.4, -0.2) is 98.3 Å². The van der Waals surface area contributed by atoms with Gasteiger partial charge < -0.3 is 39.9 Å². The van der Waals surface area contributed by atoms with Gasteiger partial charge in [0.25, 0.3) is 0 Å². The van der Waals surface area contributed by atoms with E-state index in [4.69, 9.17) is 18.5 Å². The molecule has 0 aromatic heterocycles. The Labute approximate surface area is 428 Å². The van der Waals surface area contributed by atoms with Gasteiger partial charge in [0, 0.05) is 12.8 Å². The largest absolute Gasteiger partial charge is 0.472 e. The first-order chi connectivity index (χ1) is 34.4. The van der Waals surface area contributed by atoms with Gasteiger partial charge in [-0.3, -0.25) is 18.6 Å². The van der Waals surface area contributed by atoms with E-state index < -0.39 is 75.7 Å². The SMILES string of the molecule is CC/C=C\C/C=C\C/C=C\C/C=C\CCCCCCCCCCCCC(=O)OC(COC(=O)CCCCCCCC/C=C\C/C=C\C/C=C\CCCCC)COP(=O)(O)OC1C(O)C(O)C(O)C(O)C1O. The number of rotatable bonds is 45. The van der Waals surface area contributed by atoms with Crippen molar-refractivity contribution in [1.82, 2.24) is 0 Å². The zero-order chi connectivity index (χ0) is 52.1.